The molecule has 1 N–H and O–H groups in total. The third-order valence-electron chi connectivity index (χ3n) is 3.90. The Morgan fingerprint density at radius 2 is 2.07 bits per heavy atom. The fraction of sp³-hybridized carbons (Fsp3) is 0.263. The van der Waals surface area contributed by atoms with Crippen LogP contribution >= 0.6 is 23.1 Å². The highest BCUT2D eigenvalue weighted by Crippen LogP contribution is 2.32. The Labute approximate surface area is 172 Å². The minimum atomic E-state index is -3.19. The van der Waals surface area contributed by atoms with Crippen LogP contribution in [0, 0.1) is 0 Å². The maximum Gasteiger partial charge on any atom is 0.263 e. The summed E-state index contributed by atoms with van der Waals surface area (Å²) in [4.78, 5) is 19.4. The molecule has 0 amide bonds. The van der Waals surface area contributed by atoms with Gasteiger partial charge in [0.05, 0.1) is 11.6 Å². The first-order chi connectivity index (χ1) is 13.4. The lowest BCUT2D eigenvalue weighted by molar-refractivity contribution is 0.587. The fourth-order valence-electron chi connectivity index (χ4n) is 2.64. The van der Waals surface area contributed by atoms with Gasteiger partial charge in [-0.25, -0.2) is 18.1 Å². The molecule has 0 bridgehead atoms. The first kappa shape index (κ1) is 20.8. The summed E-state index contributed by atoms with van der Waals surface area (Å²) >= 11 is 2.94. The van der Waals surface area contributed by atoms with Crippen molar-refractivity contribution in [2.45, 2.75) is 18.1 Å². The van der Waals surface area contributed by atoms with Gasteiger partial charge in [-0.2, -0.15) is 0 Å². The number of aromatic nitrogens is 2. The molecule has 2 heterocycles. The van der Waals surface area contributed by atoms with Crippen molar-refractivity contribution in [3.63, 3.8) is 0 Å². The molecule has 0 aliphatic rings. The number of nitrogens with zero attached hydrogens (tertiary/aromatic N) is 2. The number of allylic oxidation sites excluding steroid dienone is 1. The van der Waals surface area contributed by atoms with E-state index in [2.05, 4.69) is 11.3 Å². The second-order valence-corrected chi connectivity index (χ2v) is 10.1. The third kappa shape index (κ3) is 5.11. The molecule has 28 heavy (non-hydrogen) atoms. The maximum atomic E-state index is 13.0. The third-order valence-corrected chi connectivity index (χ3v) is 6.77. The fourth-order valence-corrected chi connectivity index (χ4v) is 5.18. The van der Waals surface area contributed by atoms with Gasteiger partial charge in [0.25, 0.3) is 5.56 Å². The molecule has 3 aromatic rings. The predicted molar refractivity (Wildman–Crippen MR) is 118 cm³/mol. The maximum absolute atomic E-state index is 13.0. The lowest BCUT2D eigenvalue weighted by Gasteiger charge is -2.09. The number of fused-ring (bicyclic) bond motifs is 1. The van der Waals surface area contributed by atoms with Crippen molar-refractivity contribution in [1.82, 2.24) is 14.3 Å². The molecule has 9 heteroatoms. The zero-order valence-electron chi connectivity index (χ0n) is 15.4. The van der Waals surface area contributed by atoms with Crippen LogP contribution in [0.1, 0.15) is 6.42 Å². The van der Waals surface area contributed by atoms with Crippen molar-refractivity contribution in [2.75, 3.05) is 18.6 Å². The summed E-state index contributed by atoms with van der Waals surface area (Å²) in [6.07, 6.45) is 3.45. The number of benzene rings is 1. The smallest absolute Gasteiger partial charge is 0.263 e. The van der Waals surface area contributed by atoms with Crippen LogP contribution in [0.5, 0.6) is 0 Å². The highest BCUT2D eigenvalue weighted by molar-refractivity contribution is 7.99. The molecular formula is C19H21N3O3S3. The summed E-state index contributed by atoms with van der Waals surface area (Å²) in [6.45, 7) is 4.47. The Balaban J connectivity index is 1.87. The Morgan fingerprint density at radius 3 is 2.75 bits per heavy atom. The van der Waals surface area contributed by atoms with Crippen LogP contribution in [0.15, 0.2) is 59.0 Å². The van der Waals surface area contributed by atoms with Crippen molar-refractivity contribution < 1.29 is 8.42 Å². The lowest BCUT2D eigenvalue weighted by Crippen LogP contribution is -2.24. The van der Waals surface area contributed by atoms with Crippen LogP contribution in [0.4, 0.5) is 0 Å². The molecule has 0 atom stereocenters. The highest BCUT2D eigenvalue weighted by atomic mass is 32.2. The minimum Gasteiger partial charge on any atom is -0.283 e. The quantitative estimate of drug-likeness (QED) is 0.241. The van der Waals surface area contributed by atoms with Gasteiger partial charge in [-0.05, 0) is 18.1 Å². The average Bonchev–Trinajstić information content (AvgIpc) is 3.08. The Morgan fingerprint density at radius 1 is 1.32 bits per heavy atom. The van der Waals surface area contributed by atoms with Gasteiger partial charge in [0, 0.05) is 23.7 Å². The van der Waals surface area contributed by atoms with E-state index < -0.39 is 10.0 Å². The molecule has 0 saturated carbocycles. The molecule has 0 fully saturated rings. The number of sulfonamides is 1. The predicted octanol–water partition coefficient (Wildman–Crippen LogP) is 3.34. The van der Waals surface area contributed by atoms with Crippen molar-refractivity contribution in [3.8, 4) is 10.4 Å². The monoisotopic (exact) mass is 435 g/mol. The summed E-state index contributed by atoms with van der Waals surface area (Å²) in [6, 6.07) is 11.8. The largest absolute Gasteiger partial charge is 0.283 e. The van der Waals surface area contributed by atoms with Gasteiger partial charge < -0.3 is 0 Å². The van der Waals surface area contributed by atoms with E-state index in [1.807, 2.05) is 36.4 Å². The highest BCUT2D eigenvalue weighted by Gasteiger charge is 2.14. The zero-order chi connectivity index (χ0) is 20.1. The molecular weight excluding hydrogens is 414 g/mol. The van der Waals surface area contributed by atoms with E-state index in [1.54, 1.807) is 10.6 Å². The second kappa shape index (κ2) is 9.04. The molecule has 0 spiro atoms. The van der Waals surface area contributed by atoms with Crippen LogP contribution in [-0.2, 0) is 16.6 Å². The molecule has 0 radical (unpaired) electrons. The molecule has 0 aliphatic heterocycles. The topological polar surface area (TPSA) is 81.1 Å². The van der Waals surface area contributed by atoms with E-state index in [-0.39, 0.29) is 5.56 Å². The van der Waals surface area contributed by atoms with Crippen molar-refractivity contribution in [1.29, 1.82) is 0 Å². The van der Waals surface area contributed by atoms with Crippen LogP contribution in [0.3, 0.4) is 0 Å². The van der Waals surface area contributed by atoms with Crippen LogP contribution in [-0.4, -0.2) is 36.5 Å². The Hall–Kier alpha value is -1.94. The summed E-state index contributed by atoms with van der Waals surface area (Å²) in [5.74, 6) is 0.647. The van der Waals surface area contributed by atoms with E-state index in [4.69, 9.17) is 4.98 Å². The van der Waals surface area contributed by atoms with Gasteiger partial charge >= 0.3 is 0 Å². The number of hydrogen-bond donors (Lipinski definition) is 1. The van der Waals surface area contributed by atoms with E-state index in [0.717, 1.165) is 16.7 Å². The number of nitrogens with one attached hydrogen (secondary N) is 1. The van der Waals surface area contributed by atoms with E-state index in [0.29, 0.717) is 40.6 Å². The number of hydrogen-bond acceptors (Lipinski definition) is 6. The van der Waals surface area contributed by atoms with Crippen LogP contribution < -0.4 is 10.3 Å². The standard InChI is InChI=1S/C19H21N3O3S3/c1-3-11-22-18(23)15-13-16(14-8-5-4-6-9-14)27-17(15)21-19(22)26-12-7-10-20-28(2,24)25/h3-6,8-9,13,20H,1,7,10-12H2,2H3. The summed E-state index contributed by atoms with van der Waals surface area (Å²) < 4.78 is 26.3. The minimum absolute atomic E-state index is 0.0832. The van der Waals surface area contributed by atoms with Gasteiger partial charge in [0.2, 0.25) is 10.0 Å². The first-order valence-corrected chi connectivity index (χ1v) is 12.4. The normalized spacial score (nSPS) is 11.8. The number of thioether (sulfide) groups is 1. The molecule has 0 unspecified atom stereocenters. The van der Waals surface area contributed by atoms with Gasteiger partial charge in [0.1, 0.15) is 4.83 Å². The SMILES string of the molecule is C=CCn1c(SCCCNS(C)(=O)=O)nc2sc(-c3ccccc3)cc2c1=O. The van der Waals surface area contributed by atoms with Crippen molar-refractivity contribution in [3.05, 3.63) is 59.4 Å². The number of rotatable bonds is 9. The molecule has 6 nitrogen and oxygen atoms in total. The van der Waals surface area contributed by atoms with Gasteiger partial charge in [0.15, 0.2) is 5.16 Å². The molecule has 0 saturated heterocycles. The number of thiophene rings is 1. The summed E-state index contributed by atoms with van der Waals surface area (Å²) in [5.41, 5.74) is 0.973. The van der Waals surface area contributed by atoms with E-state index in [9.17, 15) is 13.2 Å². The molecule has 148 valence electrons. The average molecular weight is 436 g/mol. The molecule has 0 aliphatic carbocycles. The first-order valence-electron chi connectivity index (χ1n) is 8.67. The van der Waals surface area contributed by atoms with E-state index in [1.165, 1.54) is 23.1 Å². The van der Waals surface area contributed by atoms with Gasteiger partial charge in [-0.3, -0.25) is 9.36 Å². The van der Waals surface area contributed by atoms with Crippen molar-refractivity contribution in [2.24, 2.45) is 0 Å². The molecule has 3 rings (SSSR count). The zero-order valence-corrected chi connectivity index (χ0v) is 17.9. The van der Waals surface area contributed by atoms with E-state index >= 15 is 0 Å². The molecule has 1 aromatic carbocycles. The van der Waals surface area contributed by atoms with Crippen molar-refractivity contribution >= 4 is 43.3 Å². The second-order valence-electron chi connectivity index (χ2n) is 6.16. The van der Waals surface area contributed by atoms with Crippen LogP contribution in [0.25, 0.3) is 20.7 Å². The summed E-state index contributed by atoms with van der Waals surface area (Å²) in [5, 5.41) is 1.23. The van der Waals surface area contributed by atoms with Gasteiger partial charge in [-0.15, -0.1) is 17.9 Å². The van der Waals surface area contributed by atoms with Crippen LogP contribution in [0.2, 0.25) is 0 Å². The Bertz CT molecular complexity index is 1140. The van der Waals surface area contributed by atoms with Gasteiger partial charge in [-0.1, -0.05) is 48.2 Å². The lowest BCUT2D eigenvalue weighted by atomic mass is 10.2. The molecule has 2 aromatic heterocycles. The summed E-state index contributed by atoms with van der Waals surface area (Å²) in [7, 11) is -3.19. The Kier molecular flexibility index (Phi) is 6.71.